The van der Waals surface area contributed by atoms with Gasteiger partial charge in [0.05, 0.1) is 22.5 Å². The summed E-state index contributed by atoms with van der Waals surface area (Å²) in [6.07, 6.45) is 6.84. The summed E-state index contributed by atoms with van der Waals surface area (Å²) in [6.45, 7) is 1.89. The molecule has 8 heteroatoms. The molecule has 0 aliphatic carbocycles. The molecule has 0 bridgehead atoms. The molecule has 2 aromatic heterocycles. The number of H-pyrrole nitrogens is 1. The molecule has 2 N–H and O–H groups in total. The monoisotopic (exact) mass is 358 g/mol. The number of hydrogen-bond donors (Lipinski definition) is 2. The third-order valence-electron chi connectivity index (χ3n) is 3.72. The highest BCUT2D eigenvalue weighted by Crippen LogP contribution is 2.20. The summed E-state index contributed by atoms with van der Waals surface area (Å²) < 4.78 is 29.3. The summed E-state index contributed by atoms with van der Waals surface area (Å²) in [5, 5.41) is 0. The van der Waals surface area contributed by atoms with Gasteiger partial charge in [-0.1, -0.05) is 17.7 Å². The van der Waals surface area contributed by atoms with Crippen LogP contribution in [0.15, 0.2) is 54.1 Å². The van der Waals surface area contributed by atoms with Crippen molar-refractivity contribution >= 4 is 15.9 Å². The lowest BCUT2D eigenvalue weighted by Crippen LogP contribution is -2.31. The van der Waals surface area contributed by atoms with Crippen LogP contribution in [0, 0.1) is 6.92 Å². The van der Waals surface area contributed by atoms with Crippen LogP contribution in [0.5, 0.6) is 0 Å². The highest BCUT2D eigenvalue weighted by molar-refractivity contribution is 7.90. The number of nitrogens with zero attached hydrogens (tertiary/aromatic N) is 2. The van der Waals surface area contributed by atoms with Gasteiger partial charge < -0.3 is 9.55 Å². The van der Waals surface area contributed by atoms with E-state index in [-0.39, 0.29) is 10.5 Å². The number of benzene rings is 1. The van der Waals surface area contributed by atoms with E-state index >= 15 is 0 Å². The number of nitrogens with one attached hydrogen (secondary N) is 2. The number of amides is 1. The van der Waals surface area contributed by atoms with E-state index in [1.165, 1.54) is 18.3 Å². The van der Waals surface area contributed by atoms with Crippen LogP contribution in [0.2, 0.25) is 0 Å². The smallest absolute Gasteiger partial charge is 0.266 e. The van der Waals surface area contributed by atoms with Gasteiger partial charge >= 0.3 is 0 Å². The van der Waals surface area contributed by atoms with Gasteiger partial charge in [-0.3, -0.25) is 4.79 Å². The summed E-state index contributed by atoms with van der Waals surface area (Å²) in [5.74, 6) is -0.675. The van der Waals surface area contributed by atoms with Gasteiger partial charge in [0.15, 0.2) is 0 Å². The van der Waals surface area contributed by atoms with Gasteiger partial charge in [0, 0.05) is 32.1 Å². The minimum Gasteiger partial charge on any atom is -0.367 e. The molecular weight excluding hydrogens is 340 g/mol. The number of imidazole rings is 1. The molecule has 2 heterocycles. The molecule has 3 aromatic rings. The Kier molecular flexibility index (Phi) is 4.45. The van der Waals surface area contributed by atoms with Crippen molar-refractivity contribution in [3.8, 4) is 0 Å². The first kappa shape index (κ1) is 17.0. The molecule has 25 heavy (non-hydrogen) atoms. The second-order valence-electron chi connectivity index (χ2n) is 5.85. The molecule has 130 valence electrons. The fourth-order valence-corrected chi connectivity index (χ4v) is 3.76. The molecule has 1 aromatic carbocycles. The van der Waals surface area contributed by atoms with Crippen molar-refractivity contribution in [1.82, 2.24) is 19.3 Å². The van der Waals surface area contributed by atoms with Crippen molar-refractivity contribution in [2.45, 2.75) is 18.2 Å². The Balaban J connectivity index is 1.93. The van der Waals surface area contributed by atoms with E-state index in [1.807, 2.05) is 20.2 Å². The summed E-state index contributed by atoms with van der Waals surface area (Å²) in [7, 11) is -2.15. The highest BCUT2D eigenvalue weighted by atomic mass is 32.2. The lowest BCUT2D eigenvalue weighted by molar-refractivity contribution is 0.0981. The molecule has 0 unspecified atom stereocenters. The van der Waals surface area contributed by atoms with E-state index in [9.17, 15) is 13.2 Å². The van der Waals surface area contributed by atoms with Crippen molar-refractivity contribution < 1.29 is 13.2 Å². The van der Waals surface area contributed by atoms with Crippen LogP contribution in [0.1, 0.15) is 27.2 Å². The minimum atomic E-state index is -3.99. The summed E-state index contributed by atoms with van der Waals surface area (Å²) in [4.78, 5) is 19.2. The van der Waals surface area contributed by atoms with E-state index in [4.69, 9.17) is 0 Å². The average molecular weight is 358 g/mol. The van der Waals surface area contributed by atoms with Crippen LogP contribution in [0.25, 0.3) is 0 Å². The standard InChI is InChI=1S/C17H18N4O3S/c1-12-3-4-16(14(7-12)8-15-10-21(2)11-19-15)25(23,24)20-17(22)13-5-6-18-9-13/h3-7,9-11,18H,8H2,1-2H3,(H,20,22). The Morgan fingerprint density at radius 1 is 1.32 bits per heavy atom. The average Bonchev–Trinajstić information content (AvgIpc) is 3.18. The molecule has 0 saturated heterocycles. The zero-order valence-electron chi connectivity index (χ0n) is 13.9. The van der Waals surface area contributed by atoms with Crippen molar-refractivity contribution in [2.24, 2.45) is 7.05 Å². The molecule has 0 atom stereocenters. The summed E-state index contributed by atoms with van der Waals surface area (Å²) >= 11 is 0. The van der Waals surface area contributed by atoms with E-state index < -0.39 is 15.9 Å². The third-order valence-corrected chi connectivity index (χ3v) is 5.15. The van der Waals surface area contributed by atoms with Gasteiger partial charge in [-0.25, -0.2) is 18.1 Å². The molecule has 0 spiro atoms. The number of carbonyl (C=O) groups excluding carboxylic acids is 1. The molecule has 0 fully saturated rings. The predicted molar refractivity (Wildman–Crippen MR) is 92.6 cm³/mol. The van der Waals surface area contributed by atoms with E-state index in [0.29, 0.717) is 12.0 Å². The molecule has 7 nitrogen and oxygen atoms in total. The first-order valence-electron chi connectivity index (χ1n) is 7.61. The Hall–Kier alpha value is -2.87. The SMILES string of the molecule is Cc1ccc(S(=O)(=O)NC(=O)c2cc[nH]c2)c(Cc2cn(C)cn2)c1. The van der Waals surface area contributed by atoms with Crippen molar-refractivity contribution in [3.05, 3.63) is 71.6 Å². The quantitative estimate of drug-likeness (QED) is 0.726. The Bertz CT molecular complexity index is 1000. The van der Waals surface area contributed by atoms with E-state index in [2.05, 4.69) is 14.7 Å². The molecule has 0 saturated carbocycles. The fraction of sp³-hybridized carbons (Fsp3) is 0.176. The summed E-state index contributed by atoms with van der Waals surface area (Å²) in [5.41, 5.74) is 2.53. The van der Waals surface area contributed by atoms with Gasteiger partial charge in [-0.2, -0.15) is 0 Å². The molecule has 0 aliphatic heterocycles. The van der Waals surface area contributed by atoms with E-state index in [0.717, 1.165) is 11.3 Å². The maximum atomic E-state index is 12.7. The minimum absolute atomic E-state index is 0.0765. The van der Waals surface area contributed by atoms with Crippen LogP contribution in [0.3, 0.4) is 0 Å². The maximum Gasteiger partial charge on any atom is 0.266 e. The van der Waals surface area contributed by atoms with Gasteiger partial charge in [0.25, 0.3) is 15.9 Å². The van der Waals surface area contributed by atoms with Gasteiger partial charge in [0.2, 0.25) is 0 Å². The van der Waals surface area contributed by atoms with E-state index in [1.54, 1.807) is 29.2 Å². The Morgan fingerprint density at radius 2 is 2.12 bits per heavy atom. The molecule has 0 radical (unpaired) electrons. The van der Waals surface area contributed by atoms with Crippen molar-refractivity contribution in [3.63, 3.8) is 0 Å². The number of aromatic amines is 1. The van der Waals surface area contributed by atoms with Crippen LogP contribution in [0.4, 0.5) is 0 Å². The first-order valence-corrected chi connectivity index (χ1v) is 9.10. The fourth-order valence-electron chi connectivity index (χ4n) is 2.56. The second kappa shape index (κ2) is 6.56. The Morgan fingerprint density at radius 3 is 2.76 bits per heavy atom. The number of hydrogen-bond acceptors (Lipinski definition) is 4. The van der Waals surface area contributed by atoms with Crippen LogP contribution >= 0.6 is 0 Å². The molecule has 1 amide bonds. The second-order valence-corrected chi connectivity index (χ2v) is 7.50. The summed E-state index contributed by atoms with van der Waals surface area (Å²) in [6, 6.07) is 6.52. The largest absolute Gasteiger partial charge is 0.367 e. The number of aryl methyl sites for hydroxylation is 2. The number of carbonyl (C=O) groups is 1. The maximum absolute atomic E-state index is 12.7. The highest BCUT2D eigenvalue weighted by Gasteiger charge is 2.22. The molecular formula is C17H18N4O3S. The number of sulfonamides is 1. The van der Waals surface area contributed by atoms with Crippen molar-refractivity contribution in [2.75, 3.05) is 0 Å². The number of aromatic nitrogens is 3. The zero-order valence-corrected chi connectivity index (χ0v) is 14.7. The van der Waals surface area contributed by atoms with Gasteiger partial charge in [0.1, 0.15) is 0 Å². The third kappa shape index (κ3) is 3.80. The first-order chi connectivity index (χ1) is 11.8. The predicted octanol–water partition coefficient (Wildman–Crippen LogP) is 1.77. The van der Waals surface area contributed by atoms with Crippen LogP contribution < -0.4 is 4.72 Å². The lowest BCUT2D eigenvalue weighted by atomic mass is 10.1. The zero-order chi connectivity index (χ0) is 18.0. The van der Waals surface area contributed by atoms with Crippen LogP contribution in [-0.2, 0) is 23.5 Å². The normalized spacial score (nSPS) is 11.4. The molecule has 3 rings (SSSR count). The Labute approximate surface area is 145 Å². The van der Waals surface area contributed by atoms with Gasteiger partial charge in [-0.15, -0.1) is 0 Å². The lowest BCUT2D eigenvalue weighted by Gasteiger charge is -2.11. The van der Waals surface area contributed by atoms with Crippen LogP contribution in [-0.4, -0.2) is 28.9 Å². The molecule has 0 aliphatic rings. The van der Waals surface area contributed by atoms with Crippen molar-refractivity contribution in [1.29, 1.82) is 0 Å². The van der Waals surface area contributed by atoms with Gasteiger partial charge in [-0.05, 0) is 24.6 Å². The number of rotatable bonds is 5. The topological polar surface area (TPSA) is 96.9 Å².